The Labute approximate surface area is 142 Å². The standard InChI is InChI=1S/C16H16N2O5S/c1-3-22-15(20)11-12(16(21)23-4-2)24-14(18-11)10-7-5-9(6-8-10)13(17)19/h5-8H,3-4H2,1-2H3,(H2,17,19). The average molecular weight is 348 g/mol. The van der Waals surface area contributed by atoms with Gasteiger partial charge in [0, 0.05) is 11.1 Å². The Balaban J connectivity index is 2.43. The molecule has 126 valence electrons. The summed E-state index contributed by atoms with van der Waals surface area (Å²) in [5.74, 6) is -1.85. The van der Waals surface area contributed by atoms with E-state index in [0.717, 1.165) is 11.3 Å². The molecule has 8 heteroatoms. The second kappa shape index (κ2) is 7.69. The van der Waals surface area contributed by atoms with Gasteiger partial charge in [-0.1, -0.05) is 12.1 Å². The van der Waals surface area contributed by atoms with Crippen molar-refractivity contribution in [1.29, 1.82) is 0 Å². The van der Waals surface area contributed by atoms with Gasteiger partial charge in [-0.2, -0.15) is 0 Å². The van der Waals surface area contributed by atoms with E-state index in [1.165, 1.54) is 0 Å². The van der Waals surface area contributed by atoms with Gasteiger partial charge in [-0.05, 0) is 26.0 Å². The first kappa shape index (κ1) is 17.6. The van der Waals surface area contributed by atoms with Crippen molar-refractivity contribution in [3.8, 4) is 10.6 Å². The number of amides is 1. The second-order valence-electron chi connectivity index (χ2n) is 4.58. The number of nitrogens with zero attached hydrogens (tertiary/aromatic N) is 1. The van der Waals surface area contributed by atoms with Gasteiger partial charge < -0.3 is 15.2 Å². The summed E-state index contributed by atoms with van der Waals surface area (Å²) in [5.41, 5.74) is 6.13. The Morgan fingerprint density at radius 1 is 1.04 bits per heavy atom. The zero-order chi connectivity index (χ0) is 17.7. The minimum Gasteiger partial charge on any atom is -0.462 e. The van der Waals surface area contributed by atoms with Crippen LogP contribution >= 0.6 is 11.3 Å². The largest absolute Gasteiger partial charge is 0.462 e. The lowest BCUT2D eigenvalue weighted by Gasteiger charge is -2.01. The fraction of sp³-hybridized carbons (Fsp3) is 0.250. The molecular weight excluding hydrogens is 332 g/mol. The lowest BCUT2D eigenvalue weighted by molar-refractivity contribution is 0.0479. The molecule has 0 aliphatic carbocycles. The molecule has 0 saturated carbocycles. The Morgan fingerprint density at radius 2 is 1.62 bits per heavy atom. The molecule has 2 aromatic rings. The maximum absolute atomic E-state index is 12.0. The quantitative estimate of drug-likeness (QED) is 0.802. The fourth-order valence-electron chi connectivity index (χ4n) is 1.89. The first-order valence-corrected chi connectivity index (χ1v) is 8.04. The number of rotatable bonds is 6. The summed E-state index contributed by atoms with van der Waals surface area (Å²) >= 11 is 1.03. The number of benzene rings is 1. The van der Waals surface area contributed by atoms with Crippen LogP contribution in [-0.4, -0.2) is 36.0 Å². The predicted molar refractivity (Wildman–Crippen MR) is 88.0 cm³/mol. The van der Waals surface area contributed by atoms with Crippen LogP contribution in [0.3, 0.4) is 0 Å². The van der Waals surface area contributed by atoms with E-state index in [4.69, 9.17) is 15.2 Å². The number of nitrogens with two attached hydrogens (primary N) is 1. The van der Waals surface area contributed by atoms with Crippen molar-refractivity contribution in [3.63, 3.8) is 0 Å². The van der Waals surface area contributed by atoms with Crippen molar-refractivity contribution in [1.82, 2.24) is 4.98 Å². The van der Waals surface area contributed by atoms with Crippen molar-refractivity contribution in [2.75, 3.05) is 13.2 Å². The van der Waals surface area contributed by atoms with Gasteiger partial charge in [0.05, 0.1) is 13.2 Å². The van der Waals surface area contributed by atoms with Crippen molar-refractivity contribution in [3.05, 3.63) is 40.4 Å². The third kappa shape index (κ3) is 3.77. The maximum atomic E-state index is 12.0. The molecular formula is C16H16N2O5S. The molecule has 0 fully saturated rings. The van der Waals surface area contributed by atoms with Gasteiger partial charge >= 0.3 is 11.9 Å². The van der Waals surface area contributed by atoms with E-state index in [9.17, 15) is 14.4 Å². The molecule has 2 rings (SSSR count). The van der Waals surface area contributed by atoms with Crippen LogP contribution in [0.25, 0.3) is 10.6 Å². The second-order valence-corrected chi connectivity index (χ2v) is 5.58. The molecule has 1 amide bonds. The number of esters is 2. The molecule has 0 bridgehead atoms. The molecule has 1 aromatic carbocycles. The average Bonchev–Trinajstić information content (AvgIpc) is 3.01. The zero-order valence-electron chi connectivity index (χ0n) is 13.2. The number of primary amides is 1. The Hall–Kier alpha value is -2.74. The van der Waals surface area contributed by atoms with Gasteiger partial charge in [0.15, 0.2) is 5.69 Å². The highest BCUT2D eigenvalue weighted by molar-refractivity contribution is 7.17. The van der Waals surface area contributed by atoms with Gasteiger partial charge in [-0.3, -0.25) is 4.79 Å². The van der Waals surface area contributed by atoms with Crippen LogP contribution in [0.15, 0.2) is 24.3 Å². The minimum absolute atomic E-state index is 0.0747. The number of carbonyl (C=O) groups is 3. The Bertz CT molecular complexity index is 732. The molecule has 24 heavy (non-hydrogen) atoms. The number of thiazole rings is 1. The van der Waals surface area contributed by atoms with E-state index in [1.54, 1.807) is 38.1 Å². The van der Waals surface area contributed by atoms with Crippen molar-refractivity contribution >= 4 is 29.2 Å². The molecule has 1 heterocycles. The third-order valence-electron chi connectivity index (χ3n) is 2.97. The molecule has 7 nitrogen and oxygen atoms in total. The predicted octanol–water partition coefficient (Wildman–Crippen LogP) is 2.26. The summed E-state index contributed by atoms with van der Waals surface area (Å²) in [6.07, 6.45) is 0. The van der Waals surface area contributed by atoms with Gasteiger partial charge in [0.25, 0.3) is 0 Å². The lowest BCUT2D eigenvalue weighted by Crippen LogP contribution is -2.12. The molecule has 0 aliphatic rings. The highest BCUT2D eigenvalue weighted by Crippen LogP contribution is 2.29. The zero-order valence-corrected chi connectivity index (χ0v) is 14.0. The van der Waals surface area contributed by atoms with Crippen LogP contribution in [0.1, 0.15) is 44.4 Å². The summed E-state index contributed by atoms with van der Waals surface area (Å²) in [4.78, 5) is 39.5. The van der Waals surface area contributed by atoms with Crippen molar-refractivity contribution in [2.24, 2.45) is 5.73 Å². The van der Waals surface area contributed by atoms with Crippen LogP contribution in [0.4, 0.5) is 0 Å². The number of carbonyl (C=O) groups excluding carboxylic acids is 3. The van der Waals surface area contributed by atoms with E-state index in [2.05, 4.69) is 4.98 Å². The summed E-state index contributed by atoms with van der Waals surface area (Å²) in [7, 11) is 0. The van der Waals surface area contributed by atoms with Crippen LogP contribution in [0, 0.1) is 0 Å². The maximum Gasteiger partial charge on any atom is 0.358 e. The summed E-state index contributed by atoms with van der Waals surface area (Å²) in [5, 5.41) is 0.442. The van der Waals surface area contributed by atoms with Crippen molar-refractivity contribution < 1.29 is 23.9 Å². The van der Waals surface area contributed by atoms with E-state index >= 15 is 0 Å². The molecule has 0 aliphatic heterocycles. The van der Waals surface area contributed by atoms with Gasteiger partial charge in [-0.15, -0.1) is 11.3 Å². The molecule has 1 aromatic heterocycles. The molecule has 0 saturated heterocycles. The van der Waals surface area contributed by atoms with Crippen LogP contribution < -0.4 is 5.73 Å². The van der Waals surface area contributed by atoms with Crippen LogP contribution in [-0.2, 0) is 9.47 Å². The van der Waals surface area contributed by atoms with E-state index in [1.807, 2.05) is 0 Å². The Morgan fingerprint density at radius 3 is 2.17 bits per heavy atom. The Kier molecular flexibility index (Phi) is 5.64. The number of ether oxygens (including phenoxy) is 2. The SMILES string of the molecule is CCOC(=O)c1nc(-c2ccc(C(N)=O)cc2)sc1C(=O)OCC. The van der Waals surface area contributed by atoms with Gasteiger partial charge in [0.1, 0.15) is 9.88 Å². The smallest absolute Gasteiger partial charge is 0.358 e. The van der Waals surface area contributed by atoms with Crippen molar-refractivity contribution in [2.45, 2.75) is 13.8 Å². The molecule has 0 spiro atoms. The molecule has 2 N–H and O–H groups in total. The van der Waals surface area contributed by atoms with E-state index in [0.29, 0.717) is 16.1 Å². The lowest BCUT2D eigenvalue weighted by atomic mass is 10.1. The molecule has 0 unspecified atom stereocenters. The number of aromatic nitrogens is 1. The summed E-state index contributed by atoms with van der Waals surface area (Å²) in [6.45, 7) is 3.69. The third-order valence-corrected chi connectivity index (χ3v) is 4.06. The summed E-state index contributed by atoms with van der Waals surface area (Å²) in [6, 6.07) is 6.38. The molecule has 0 radical (unpaired) electrons. The molecule has 0 atom stereocenters. The van der Waals surface area contributed by atoms with E-state index in [-0.39, 0.29) is 23.8 Å². The van der Waals surface area contributed by atoms with Crippen LogP contribution in [0.2, 0.25) is 0 Å². The number of hydrogen-bond acceptors (Lipinski definition) is 7. The normalized spacial score (nSPS) is 10.2. The topological polar surface area (TPSA) is 109 Å². The monoisotopic (exact) mass is 348 g/mol. The first-order chi connectivity index (χ1) is 11.5. The first-order valence-electron chi connectivity index (χ1n) is 7.23. The van der Waals surface area contributed by atoms with Crippen LogP contribution in [0.5, 0.6) is 0 Å². The highest BCUT2D eigenvalue weighted by atomic mass is 32.1. The number of hydrogen-bond donors (Lipinski definition) is 1. The van der Waals surface area contributed by atoms with E-state index < -0.39 is 17.8 Å². The van der Waals surface area contributed by atoms with Gasteiger partial charge in [-0.25, -0.2) is 14.6 Å². The summed E-state index contributed by atoms with van der Waals surface area (Å²) < 4.78 is 9.89. The highest BCUT2D eigenvalue weighted by Gasteiger charge is 2.26. The van der Waals surface area contributed by atoms with Gasteiger partial charge in [0.2, 0.25) is 5.91 Å². The fourth-order valence-corrected chi connectivity index (χ4v) is 2.85. The minimum atomic E-state index is -0.684.